The summed E-state index contributed by atoms with van der Waals surface area (Å²) in [5.74, 6) is -1.09. The molecule has 1 aromatic carbocycles. The van der Waals surface area contributed by atoms with Crippen LogP contribution >= 0.6 is 0 Å². The molecule has 27 heavy (non-hydrogen) atoms. The highest BCUT2D eigenvalue weighted by Gasteiger charge is 2.40. The molecule has 1 amide bonds. The molecule has 0 spiro atoms. The first-order valence-corrected chi connectivity index (χ1v) is 10.8. The van der Waals surface area contributed by atoms with E-state index in [0.717, 1.165) is 13.3 Å². The Labute approximate surface area is 156 Å². The van der Waals surface area contributed by atoms with Gasteiger partial charge in [0, 0.05) is 18.8 Å². The van der Waals surface area contributed by atoms with Crippen molar-refractivity contribution < 1.29 is 25.8 Å². The normalized spacial score (nSPS) is 15.9. The van der Waals surface area contributed by atoms with Crippen molar-refractivity contribution in [3.63, 3.8) is 0 Å². The lowest BCUT2D eigenvalue weighted by atomic mass is 10.1. The lowest BCUT2D eigenvalue weighted by Crippen LogP contribution is -2.38. The second-order valence-electron chi connectivity index (χ2n) is 5.60. The van der Waals surface area contributed by atoms with Crippen molar-refractivity contribution in [2.24, 2.45) is 0 Å². The number of fused-ring (bicyclic) bond motifs is 1. The van der Waals surface area contributed by atoms with Crippen molar-refractivity contribution in [2.45, 2.75) is 4.90 Å². The van der Waals surface area contributed by atoms with E-state index in [2.05, 4.69) is 10.3 Å². The third-order valence-electron chi connectivity index (χ3n) is 3.66. The number of aromatic nitrogens is 1. The number of nitrogens with zero attached hydrogens (tertiary/aromatic N) is 2. The summed E-state index contributed by atoms with van der Waals surface area (Å²) in [4.78, 5) is 16.6. The topological polar surface area (TPSA) is 123 Å². The summed E-state index contributed by atoms with van der Waals surface area (Å²) in [5, 5.41) is 2.44. The van der Waals surface area contributed by atoms with Gasteiger partial charge in [0.1, 0.15) is 5.82 Å². The number of carbonyl (C=O) groups is 1. The number of hydrogen-bond acceptors (Lipinski definition) is 7. The number of hydrogen-bond donors (Lipinski definition) is 1. The number of carbonyl (C=O) groups excluding carboxylic acids is 1. The van der Waals surface area contributed by atoms with E-state index in [1.54, 1.807) is 12.1 Å². The van der Waals surface area contributed by atoms with Crippen LogP contribution in [0.3, 0.4) is 0 Å². The van der Waals surface area contributed by atoms with Gasteiger partial charge in [0.25, 0.3) is 15.9 Å². The highest BCUT2D eigenvalue weighted by molar-refractivity contribution is 7.89. The van der Waals surface area contributed by atoms with Crippen molar-refractivity contribution in [3.8, 4) is 0 Å². The van der Waals surface area contributed by atoms with Crippen LogP contribution in [0.5, 0.6) is 0 Å². The van der Waals surface area contributed by atoms with E-state index in [1.165, 1.54) is 36.5 Å². The number of amides is 1. The van der Waals surface area contributed by atoms with Gasteiger partial charge in [-0.3, -0.25) is 9.10 Å². The van der Waals surface area contributed by atoms with Gasteiger partial charge in [-0.2, -0.15) is 8.42 Å². The van der Waals surface area contributed by atoms with Crippen molar-refractivity contribution in [1.29, 1.82) is 0 Å². The monoisotopic (exact) mass is 409 g/mol. The minimum atomic E-state index is -4.08. The van der Waals surface area contributed by atoms with E-state index in [-0.39, 0.29) is 22.0 Å². The van der Waals surface area contributed by atoms with Gasteiger partial charge in [-0.1, -0.05) is 18.2 Å². The van der Waals surface area contributed by atoms with E-state index in [9.17, 15) is 21.6 Å². The number of anilines is 1. The predicted octanol–water partition coefficient (Wildman–Crippen LogP) is 0.999. The van der Waals surface area contributed by atoms with Crippen LogP contribution in [-0.4, -0.2) is 45.3 Å². The summed E-state index contributed by atoms with van der Waals surface area (Å²) in [5.41, 5.74) is -0.489. The fourth-order valence-electron chi connectivity index (χ4n) is 2.51. The molecule has 11 heteroatoms. The molecule has 0 radical (unpaired) electrons. The van der Waals surface area contributed by atoms with E-state index < -0.39 is 31.7 Å². The fraction of sp³-hybridized carbons (Fsp3) is 0.125. The zero-order valence-electron chi connectivity index (χ0n) is 14.3. The molecule has 0 unspecified atom stereocenters. The van der Waals surface area contributed by atoms with Gasteiger partial charge in [-0.05, 0) is 24.3 Å². The fourth-order valence-corrected chi connectivity index (χ4v) is 4.37. The molecule has 3 rings (SSSR count). The lowest BCUT2D eigenvalue weighted by Gasteiger charge is -2.29. The van der Waals surface area contributed by atoms with Gasteiger partial charge in [0.15, 0.2) is 11.5 Å². The maximum absolute atomic E-state index is 12.8. The molecule has 9 nitrogen and oxygen atoms in total. The summed E-state index contributed by atoms with van der Waals surface area (Å²) >= 11 is 0. The minimum Gasteiger partial charge on any atom is -0.379 e. The van der Waals surface area contributed by atoms with E-state index in [0.29, 0.717) is 4.31 Å². The Hall–Kier alpha value is -2.92. The Morgan fingerprint density at radius 2 is 1.81 bits per heavy atom. The Bertz CT molecular complexity index is 1140. The van der Waals surface area contributed by atoms with Crippen molar-refractivity contribution >= 4 is 37.6 Å². The molecule has 1 aromatic heterocycles. The first-order chi connectivity index (χ1) is 12.6. The van der Waals surface area contributed by atoms with Crippen LogP contribution < -0.4 is 5.32 Å². The first kappa shape index (κ1) is 18.9. The number of pyridine rings is 1. The Morgan fingerprint density at radius 1 is 1.15 bits per heavy atom. The highest BCUT2D eigenvalue weighted by Crippen LogP contribution is 2.37. The average Bonchev–Trinajstić information content (AvgIpc) is 2.60. The van der Waals surface area contributed by atoms with Crippen molar-refractivity contribution in [1.82, 2.24) is 9.29 Å². The minimum absolute atomic E-state index is 0.0211. The molecule has 0 bridgehead atoms. The summed E-state index contributed by atoms with van der Waals surface area (Å²) < 4.78 is 54.7. The van der Waals surface area contributed by atoms with Crippen molar-refractivity contribution in [2.75, 3.05) is 18.6 Å². The molecule has 0 aliphatic carbocycles. The molecule has 1 aliphatic heterocycles. The quantitative estimate of drug-likeness (QED) is 0.747. The van der Waals surface area contributed by atoms with Gasteiger partial charge in [-0.15, -0.1) is 0 Å². The van der Waals surface area contributed by atoms with Crippen molar-refractivity contribution in [3.05, 3.63) is 59.9 Å². The van der Waals surface area contributed by atoms with Gasteiger partial charge < -0.3 is 9.50 Å². The molecule has 0 atom stereocenters. The summed E-state index contributed by atoms with van der Waals surface area (Å²) in [6.07, 6.45) is 2.24. The van der Waals surface area contributed by atoms with Crippen LogP contribution in [0.15, 0.2) is 59.3 Å². The third-order valence-corrected chi connectivity index (χ3v) is 5.94. The smallest absolute Gasteiger partial charge is 0.306 e. The van der Waals surface area contributed by atoms with Crippen LogP contribution in [0.1, 0.15) is 5.56 Å². The van der Waals surface area contributed by atoms with Gasteiger partial charge in [-0.25, -0.2) is 13.4 Å². The highest BCUT2D eigenvalue weighted by atomic mass is 32.2. The maximum atomic E-state index is 12.8. The first-order valence-electron chi connectivity index (χ1n) is 7.56. The molecule has 0 saturated heterocycles. The maximum Gasteiger partial charge on any atom is 0.306 e. The number of benzene rings is 1. The van der Waals surface area contributed by atoms with Gasteiger partial charge in [0.05, 0.1) is 11.2 Å². The number of rotatable bonds is 4. The summed E-state index contributed by atoms with van der Waals surface area (Å²) in [6.45, 7) is 0. The number of nitrogens with one attached hydrogen (secondary N) is 1. The molecular weight excluding hydrogens is 394 g/mol. The van der Waals surface area contributed by atoms with Gasteiger partial charge in [0.2, 0.25) is 0 Å². The molecule has 0 fully saturated rings. The molecule has 2 heterocycles. The SMILES string of the molecule is CN1C(C(=O)Nc2ccccn2)=C(OS(C)(=O)=O)c2ccccc2S1(=O)=O. The summed E-state index contributed by atoms with van der Waals surface area (Å²) in [7, 11) is -6.97. The average molecular weight is 409 g/mol. The molecule has 1 aliphatic rings. The van der Waals surface area contributed by atoms with E-state index >= 15 is 0 Å². The molecule has 142 valence electrons. The zero-order valence-corrected chi connectivity index (χ0v) is 15.9. The Kier molecular flexibility index (Phi) is 4.66. The van der Waals surface area contributed by atoms with E-state index in [4.69, 9.17) is 4.18 Å². The number of sulfonamides is 1. The molecule has 0 saturated carbocycles. The summed E-state index contributed by atoms with van der Waals surface area (Å²) in [6, 6.07) is 10.4. The zero-order chi connectivity index (χ0) is 19.8. The second-order valence-corrected chi connectivity index (χ2v) is 9.12. The van der Waals surface area contributed by atoms with Crippen LogP contribution in [-0.2, 0) is 29.1 Å². The third kappa shape index (κ3) is 3.64. The van der Waals surface area contributed by atoms with Gasteiger partial charge >= 0.3 is 10.1 Å². The molecule has 2 aromatic rings. The van der Waals surface area contributed by atoms with Crippen LogP contribution in [0.2, 0.25) is 0 Å². The Balaban J connectivity index is 2.22. The number of likely N-dealkylation sites (N-methyl/N-ethyl adjacent to an activating group) is 1. The second kappa shape index (κ2) is 6.67. The lowest BCUT2D eigenvalue weighted by molar-refractivity contribution is -0.113. The van der Waals surface area contributed by atoms with Crippen LogP contribution in [0, 0.1) is 0 Å². The standard InChI is InChI=1S/C16H15N3O6S2/c1-19-14(16(20)18-13-9-5-6-10-17-13)15(25-26(2,21)22)11-7-3-4-8-12(11)27(19,23)24/h3-10H,1-2H3,(H,17,18,20). The largest absolute Gasteiger partial charge is 0.379 e. The Morgan fingerprint density at radius 3 is 2.44 bits per heavy atom. The molecule has 1 N–H and O–H groups in total. The van der Waals surface area contributed by atoms with E-state index in [1.807, 2.05) is 0 Å². The van der Waals surface area contributed by atoms with Crippen LogP contribution in [0.25, 0.3) is 5.76 Å². The van der Waals surface area contributed by atoms with Crippen LogP contribution in [0.4, 0.5) is 5.82 Å². The molecular formula is C16H15N3O6S2. The predicted molar refractivity (Wildman–Crippen MR) is 97.1 cm³/mol.